The SMILES string of the molecule is O=C(NC1CCN(Cc2ccccc2)C1)C(O)(c1ccccc1)C1CCCC1. The summed E-state index contributed by atoms with van der Waals surface area (Å²) in [5.41, 5.74) is 0.588. The van der Waals surface area contributed by atoms with E-state index < -0.39 is 5.60 Å². The van der Waals surface area contributed by atoms with E-state index in [4.69, 9.17) is 0 Å². The summed E-state index contributed by atoms with van der Waals surface area (Å²) < 4.78 is 0. The molecule has 4 nitrogen and oxygen atoms in total. The summed E-state index contributed by atoms with van der Waals surface area (Å²) in [7, 11) is 0. The predicted octanol–water partition coefficient (Wildman–Crippen LogP) is 3.46. The molecule has 0 spiro atoms. The second kappa shape index (κ2) is 8.46. The van der Waals surface area contributed by atoms with Crippen LogP contribution < -0.4 is 5.32 Å². The number of nitrogens with one attached hydrogen (secondary N) is 1. The van der Waals surface area contributed by atoms with Gasteiger partial charge in [-0.25, -0.2) is 0 Å². The smallest absolute Gasteiger partial charge is 0.257 e. The molecule has 1 saturated carbocycles. The number of rotatable bonds is 6. The Labute approximate surface area is 167 Å². The fourth-order valence-electron chi connectivity index (χ4n) is 4.82. The van der Waals surface area contributed by atoms with Gasteiger partial charge in [0.05, 0.1) is 0 Å². The summed E-state index contributed by atoms with van der Waals surface area (Å²) >= 11 is 0. The molecule has 2 fully saturated rings. The van der Waals surface area contributed by atoms with E-state index in [-0.39, 0.29) is 17.9 Å². The molecule has 1 aliphatic carbocycles. The summed E-state index contributed by atoms with van der Waals surface area (Å²) in [6.45, 7) is 2.70. The van der Waals surface area contributed by atoms with Crippen molar-refractivity contribution in [3.8, 4) is 0 Å². The van der Waals surface area contributed by atoms with Crippen LogP contribution in [0.25, 0.3) is 0 Å². The van der Waals surface area contributed by atoms with Gasteiger partial charge in [0.2, 0.25) is 0 Å². The van der Waals surface area contributed by atoms with Crippen LogP contribution in [-0.4, -0.2) is 35.0 Å². The standard InChI is InChI=1S/C24H30N2O2/c27-23(24(28,21-13-7-8-14-21)20-11-5-2-6-12-20)25-22-15-16-26(18-22)17-19-9-3-1-4-10-19/h1-6,9-12,21-22,28H,7-8,13-18H2,(H,25,27). The van der Waals surface area contributed by atoms with Crippen molar-refractivity contribution >= 4 is 5.91 Å². The molecular weight excluding hydrogens is 348 g/mol. The van der Waals surface area contributed by atoms with Crippen molar-refractivity contribution in [3.63, 3.8) is 0 Å². The molecule has 4 heteroatoms. The number of aliphatic hydroxyl groups is 1. The number of hydrogen-bond acceptors (Lipinski definition) is 3. The van der Waals surface area contributed by atoms with E-state index in [2.05, 4.69) is 34.5 Å². The third-order valence-electron chi connectivity index (χ3n) is 6.36. The van der Waals surface area contributed by atoms with Gasteiger partial charge in [0, 0.05) is 31.6 Å². The van der Waals surface area contributed by atoms with Gasteiger partial charge in [-0.2, -0.15) is 0 Å². The van der Waals surface area contributed by atoms with Gasteiger partial charge >= 0.3 is 0 Å². The normalized spacial score (nSPS) is 22.8. The predicted molar refractivity (Wildman–Crippen MR) is 111 cm³/mol. The highest BCUT2D eigenvalue weighted by Crippen LogP contribution is 2.41. The molecule has 148 valence electrons. The molecule has 2 aliphatic rings. The minimum Gasteiger partial charge on any atom is -0.375 e. The van der Waals surface area contributed by atoms with Crippen LogP contribution in [0.2, 0.25) is 0 Å². The lowest BCUT2D eigenvalue weighted by atomic mass is 9.79. The molecule has 1 heterocycles. The van der Waals surface area contributed by atoms with Gasteiger partial charge in [0.15, 0.2) is 5.60 Å². The van der Waals surface area contributed by atoms with E-state index in [0.29, 0.717) is 0 Å². The Balaban J connectivity index is 1.43. The van der Waals surface area contributed by atoms with Gasteiger partial charge in [-0.3, -0.25) is 9.69 Å². The van der Waals surface area contributed by atoms with Gasteiger partial charge < -0.3 is 10.4 Å². The maximum Gasteiger partial charge on any atom is 0.257 e. The summed E-state index contributed by atoms with van der Waals surface area (Å²) in [4.78, 5) is 15.7. The van der Waals surface area contributed by atoms with Crippen LogP contribution in [0.1, 0.15) is 43.2 Å². The van der Waals surface area contributed by atoms with Crippen LogP contribution in [0.5, 0.6) is 0 Å². The molecule has 1 aliphatic heterocycles. The summed E-state index contributed by atoms with van der Waals surface area (Å²) in [6, 6.07) is 20.0. The zero-order chi connectivity index (χ0) is 19.4. The van der Waals surface area contributed by atoms with Gasteiger partial charge in [-0.1, -0.05) is 73.5 Å². The van der Waals surface area contributed by atoms with Gasteiger partial charge in [-0.15, -0.1) is 0 Å². The first kappa shape index (κ1) is 19.2. The fraction of sp³-hybridized carbons (Fsp3) is 0.458. The van der Waals surface area contributed by atoms with E-state index in [1.165, 1.54) is 5.56 Å². The van der Waals surface area contributed by atoms with E-state index in [1.807, 2.05) is 36.4 Å². The minimum absolute atomic E-state index is 0.00303. The molecule has 2 aromatic rings. The molecule has 4 rings (SSSR count). The molecular formula is C24H30N2O2. The lowest BCUT2D eigenvalue weighted by molar-refractivity contribution is -0.148. The van der Waals surface area contributed by atoms with Crippen LogP contribution in [0, 0.1) is 5.92 Å². The second-order valence-corrected chi connectivity index (χ2v) is 8.29. The average molecular weight is 379 g/mol. The molecule has 0 radical (unpaired) electrons. The summed E-state index contributed by atoms with van der Waals surface area (Å²) in [5, 5.41) is 14.8. The Bertz CT molecular complexity index is 774. The Hall–Kier alpha value is -2.17. The number of hydrogen-bond donors (Lipinski definition) is 2. The van der Waals surface area contributed by atoms with Crippen molar-refractivity contribution in [1.29, 1.82) is 0 Å². The van der Waals surface area contributed by atoms with E-state index in [0.717, 1.165) is 57.3 Å². The quantitative estimate of drug-likeness (QED) is 0.809. The van der Waals surface area contributed by atoms with E-state index in [1.54, 1.807) is 0 Å². The van der Waals surface area contributed by atoms with Gasteiger partial charge in [0.1, 0.15) is 0 Å². The number of amides is 1. The Morgan fingerprint density at radius 1 is 1.00 bits per heavy atom. The van der Waals surface area contributed by atoms with Crippen molar-refractivity contribution < 1.29 is 9.90 Å². The number of carbonyl (C=O) groups is 1. The van der Waals surface area contributed by atoms with Crippen molar-refractivity contribution in [2.24, 2.45) is 5.92 Å². The molecule has 2 aromatic carbocycles. The van der Waals surface area contributed by atoms with Gasteiger partial charge in [-0.05, 0) is 30.4 Å². The Kier molecular flexibility index (Phi) is 5.79. The molecule has 0 bridgehead atoms. The number of carbonyl (C=O) groups excluding carboxylic acids is 1. The highest BCUT2D eigenvalue weighted by molar-refractivity contribution is 5.87. The molecule has 1 amide bonds. The molecule has 0 aromatic heterocycles. The van der Waals surface area contributed by atoms with Crippen LogP contribution in [0.4, 0.5) is 0 Å². The summed E-state index contributed by atoms with van der Waals surface area (Å²) in [5.74, 6) is -0.228. The largest absolute Gasteiger partial charge is 0.375 e. The maximum atomic E-state index is 13.3. The third-order valence-corrected chi connectivity index (χ3v) is 6.36. The summed E-state index contributed by atoms with van der Waals surface area (Å²) in [6.07, 6.45) is 4.91. The lowest BCUT2D eigenvalue weighted by Crippen LogP contribution is -2.52. The second-order valence-electron chi connectivity index (χ2n) is 8.29. The first-order chi connectivity index (χ1) is 13.7. The zero-order valence-corrected chi connectivity index (χ0v) is 16.4. The first-order valence-corrected chi connectivity index (χ1v) is 10.5. The number of benzene rings is 2. The first-order valence-electron chi connectivity index (χ1n) is 10.5. The molecule has 28 heavy (non-hydrogen) atoms. The van der Waals surface area contributed by atoms with Crippen molar-refractivity contribution in [3.05, 3.63) is 71.8 Å². The highest BCUT2D eigenvalue weighted by Gasteiger charge is 2.47. The highest BCUT2D eigenvalue weighted by atomic mass is 16.3. The number of likely N-dealkylation sites (tertiary alicyclic amines) is 1. The van der Waals surface area contributed by atoms with Crippen LogP contribution in [0.3, 0.4) is 0 Å². The van der Waals surface area contributed by atoms with Crippen LogP contribution >= 0.6 is 0 Å². The maximum absolute atomic E-state index is 13.3. The van der Waals surface area contributed by atoms with E-state index in [9.17, 15) is 9.90 Å². The topological polar surface area (TPSA) is 52.6 Å². The average Bonchev–Trinajstić information content (AvgIpc) is 3.41. The molecule has 2 N–H and O–H groups in total. The Morgan fingerprint density at radius 2 is 1.64 bits per heavy atom. The molecule has 2 unspecified atom stereocenters. The van der Waals surface area contributed by atoms with Gasteiger partial charge in [0.25, 0.3) is 5.91 Å². The molecule has 2 atom stereocenters. The van der Waals surface area contributed by atoms with Crippen molar-refractivity contribution in [1.82, 2.24) is 10.2 Å². The van der Waals surface area contributed by atoms with Crippen LogP contribution in [0.15, 0.2) is 60.7 Å². The van der Waals surface area contributed by atoms with Crippen molar-refractivity contribution in [2.45, 2.75) is 50.3 Å². The number of nitrogens with zero attached hydrogens (tertiary/aromatic N) is 1. The third kappa shape index (κ3) is 3.98. The lowest BCUT2D eigenvalue weighted by Gasteiger charge is -2.34. The van der Waals surface area contributed by atoms with E-state index >= 15 is 0 Å². The molecule has 1 saturated heterocycles. The Morgan fingerprint density at radius 3 is 2.32 bits per heavy atom. The minimum atomic E-state index is -1.43. The zero-order valence-electron chi connectivity index (χ0n) is 16.4. The fourth-order valence-corrected chi connectivity index (χ4v) is 4.82. The van der Waals surface area contributed by atoms with Crippen molar-refractivity contribution in [2.75, 3.05) is 13.1 Å². The van der Waals surface area contributed by atoms with Crippen LogP contribution in [-0.2, 0) is 16.9 Å². The monoisotopic (exact) mass is 378 g/mol.